The molecule has 1 amide bonds. The number of aliphatic hydroxyl groups is 1. The molecule has 0 aromatic heterocycles. The van der Waals surface area contributed by atoms with E-state index in [1.54, 1.807) is 19.2 Å². The zero-order chi connectivity index (χ0) is 13.5. The molecule has 1 unspecified atom stereocenters. The minimum absolute atomic E-state index is 0.0544. The Balaban J connectivity index is 2.74. The van der Waals surface area contributed by atoms with Crippen LogP contribution in [-0.2, 0) is 11.3 Å². The second-order valence-corrected chi connectivity index (χ2v) is 4.64. The number of benzene rings is 1. The molecule has 0 radical (unpaired) electrons. The van der Waals surface area contributed by atoms with Crippen LogP contribution >= 0.6 is 0 Å². The summed E-state index contributed by atoms with van der Waals surface area (Å²) >= 11 is 0. The number of carbonyl (C=O) groups is 1. The molecule has 0 aliphatic carbocycles. The van der Waals surface area contributed by atoms with Crippen LogP contribution in [0.5, 0.6) is 0 Å². The molecule has 18 heavy (non-hydrogen) atoms. The van der Waals surface area contributed by atoms with Gasteiger partial charge in [0.25, 0.3) is 5.91 Å². The van der Waals surface area contributed by atoms with Gasteiger partial charge in [0.05, 0.1) is 19.3 Å². The van der Waals surface area contributed by atoms with Crippen molar-refractivity contribution in [2.75, 3.05) is 13.7 Å². The molecule has 4 heteroatoms. The number of hydrogen-bond acceptors (Lipinski definition) is 3. The van der Waals surface area contributed by atoms with Crippen LogP contribution in [0.2, 0.25) is 0 Å². The van der Waals surface area contributed by atoms with Crippen LogP contribution in [0, 0.1) is 5.92 Å². The monoisotopic (exact) mass is 251 g/mol. The number of aliphatic hydroxyl groups excluding tert-OH is 1. The lowest BCUT2D eigenvalue weighted by atomic mass is 10.0. The van der Waals surface area contributed by atoms with Crippen molar-refractivity contribution in [2.24, 2.45) is 5.92 Å². The summed E-state index contributed by atoms with van der Waals surface area (Å²) in [6, 6.07) is 7.07. The Morgan fingerprint density at radius 1 is 1.44 bits per heavy atom. The van der Waals surface area contributed by atoms with Crippen molar-refractivity contribution in [3.8, 4) is 0 Å². The normalized spacial score (nSPS) is 12.5. The molecule has 1 atom stereocenters. The third-order valence-corrected chi connectivity index (χ3v) is 2.82. The van der Waals surface area contributed by atoms with E-state index >= 15 is 0 Å². The van der Waals surface area contributed by atoms with Gasteiger partial charge in [-0.05, 0) is 23.6 Å². The van der Waals surface area contributed by atoms with Crippen LogP contribution in [0.1, 0.15) is 29.8 Å². The van der Waals surface area contributed by atoms with Crippen molar-refractivity contribution in [3.63, 3.8) is 0 Å². The van der Waals surface area contributed by atoms with Gasteiger partial charge in [0.2, 0.25) is 0 Å². The third kappa shape index (κ3) is 4.13. The topological polar surface area (TPSA) is 58.6 Å². The Morgan fingerprint density at radius 2 is 2.17 bits per heavy atom. The van der Waals surface area contributed by atoms with E-state index in [-0.39, 0.29) is 24.5 Å². The van der Waals surface area contributed by atoms with Crippen LogP contribution in [0.4, 0.5) is 0 Å². The zero-order valence-electron chi connectivity index (χ0n) is 11.1. The minimum Gasteiger partial charge on any atom is -0.394 e. The van der Waals surface area contributed by atoms with Crippen molar-refractivity contribution >= 4 is 5.91 Å². The Hall–Kier alpha value is -1.39. The summed E-state index contributed by atoms with van der Waals surface area (Å²) in [4.78, 5) is 12.0. The van der Waals surface area contributed by atoms with Gasteiger partial charge in [-0.1, -0.05) is 26.0 Å². The van der Waals surface area contributed by atoms with Gasteiger partial charge in [-0.2, -0.15) is 0 Å². The first-order valence-corrected chi connectivity index (χ1v) is 6.08. The molecule has 2 N–H and O–H groups in total. The smallest absolute Gasteiger partial charge is 0.251 e. The number of methoxy groups -OCH3 is 1. The maximum absolute atomic E-state index is 12.0. The van der Waals surface area contributed by atoms with Gasteiger partial charge in [-0.25, -0.2) is 0 Å². The van der Waals surface area contributed by atoms with Crippen LogP contribution in [0.15, 0.2) is 24.3 Å². The molecule has 0 fully saturated rings. The second kappa shape index (κ2) is 7.13. The molecule has 100 valence electrons. The van der Waals surface area contributed by atoms with Crippen molar-refractivity contribution in [1.29, 1.82) is 0 Å². The number of ether oxygens (including phenoxy) is 1. The molecule has 0 saturated carbocycles. The van der Waals surface area contributed by atoms with E-state index in [1.807, 2.05) is 26.0 Å². The molecular formula is C14H21NO3. The molecule has 0 aliphatic rings. The fourth-order valence-corrected chi connectivity index (χ4v) is 1.64. The molecule has 4 nitrogen and oxygen atoms in total. The standard InChI is InChI=1S/C14H21NO3/c1-10(2)13(8-16)15-14(17)12-6-4-5-11(7-12)9-18-3/h4-7,10,13,16H,8-9H2,1-3H3,(H,15,17). The van der Waals surface area contributed by atoms with Gasteiger partial charge in [0, 0.05) is 12.7 Å². The molecule has 0 heterocycles. The molecule has 1 aromatic rings. The summed E-state index contributed by atoms with van der Waals surface area (Å²) in [5.41, 5.74) is 1.54. The predicted octanol–water partition coefficient (Wildman–Crippen LogP) is 1.58. The van der Waals surface area contributed by atoms with E-state index in [4.69, 9.17) is 4.74 Å². The molecule has 0 bridgehead atoms. The minimum atomic E-state index is -0.219. The maximum Gasteiger partial charge on any atom is 0.251 e. The van der Waals surface area contributed by atoms with E-state index in [0.717, 1.165) is 5.56 Å². The van der Waals surface area contributed by atoms with Crippen LogP contribution < -0.4 is 5.32 Å². The first kappa shape index (κ1) is 14.7. The highest BCUT2D eigenvalue weighted by Gasteiger charge is 2.16. The summed E-state index contributed by atoms with van der Waals surface area (Å²) in [5, 5.41) is 12.0. The maximum atomic E-state index is 12.0. The lowest BCUT2D eigenvalue weighted by molar-refractivity contribution is 0.0896. The summed E-state index contributed by atoms with van der Waals surface area (Å²) < 4.78 is 5.03. The summed E-state index contributed by atoms with van der Waals surface area (Å²) in [5.74, 6) is 0.0295. The Bertz CT molecular complexity index is 390. The van der Waals surface area contributed by atoms with Crippen LogP contribution in [-0.4, -0.2) is 30.8 Å². The molecule has 1 aromatic carbocycles. The fourth-order valence-electron chi connectivity index (χ4n) is 1.64. The number of nitrogens with one attached hydrogen (secondary N) is 1. The van der Waals surface area contributed by atoms with E-state index in [9.17, 15) is 9.90 Å². The van der Waals surface area contributed by atoms with Gasteiger partial charge in [0.1, 0.15) is 0 Å². The molecular weight excluding hydrogens is 230 g/mol. The predicted molar refractivity (Wildman–Crippen MR) is 70.3 cm³/mol. The Morgan fingerprint density at radius 3 is 2.72 bits per heavy atom. The third-order valence-electron chi connectivity index (χ3n) is 2.82. The van der Waals surface area contributed by atoms with Gasteiger partial charge >= 0.3 is 0 Å². The summed E-state index contributed by atoms with van der Waals surface area (Å²) in [6.45, 7) is 4.35. The van der Waals surface area contributed by atoms with Gasteiger partial charge in [-0.3, -0.25) is 4.79 Å². The average molecular weight is 251 g/mol. The lowest BCUT2D eigenvalue weighted by Crippen LogP contribution is -2.41. The van der Waals surface area contributed by atoms with E-state index in [2.05, 4.69) is 5.32 Å². The molecule has 0 saturated heterocycles. The van der Waals surface area contributed by atoms with E-state index in [0.29, 0.717) is 12.2 Å². The lowest BCUT2D eigenvalue weighted by Gasteiger charge is -2.20. The number of hydrogen-bond donors (Lipinski definition) is 2. The number of carbonyl (C=O) groups excluding carboxylic acids is 1. The van der Waals surface area contributed by atoms with E-state index in [1.165, 1.54) is 0 Å². The zero-order valence-corrected chi connectivity index (χ0v) is 11.1. The quantitative estimate of drug-likeness (QED) is 0.807. The first-order valence-electron chi connectivity index (χ1n) is 6.08. The van der Waals surface area contributed by atoms with Crippen molar-refractivity contribution in [2.45, 2.75) is 26.5 Å². The highest BCUT2D eigenvalue weighted by molar-refractivity contribution is 5.94. The molecule has 0 aliphatic heterocycles. The highest BCUT2D eigenvalue weighted by atomic mass is 16.5. The fraction of sp³-hybridized carbons (Fsp3) is 0.500. The largest absolute Gasteiger partial charge is 0.394 e. The first-order chi connectivity index (χ1) is 8.58. The van der Waals surface area contributed by atoms with Gasteiger partial charge in [-0.15, -0.1) is 0 Å². The molecule has 1 rings (SSSR count). The van der Waals surface area contributed by atoms with Crippen molar-refractivity contribution < 1.29 is 14.6 Å². The molecule has 0 spiro atoms. The SMILES string of the molecule is COCc1cccc(C(=O)NC(CO)C(C)C)c1. The second-order valence-electron chi connectivity index (χ2n) is 4.64. The van der Waals surface area contributed by atoms with E-state index < -0.39 is 0 Å². The van der Waals surface area contributed by atoms with Crippen molar-refractivity contribution in [3.05, 3.63) is 35.4 Å². The summed E-state index contributed by atoms with van der Waals surface area (Å²) in [6.07, 6.45) is 0. The summed E-state index contributed by atoms with van der Waals surface area (Å²) in [7, 11) is 1.62. The Labute approximate surface area is 108 Å². The highest BCUT2D eigenvalue weighted by Crippen LogP contribution is 2.08. The van der Waals surface area contributed by atoms with Gasteiger partial charge < -0.3 is 15.2 Å². The van der Waals surface area contributed by atoms with Crippen LogP contribution in [0.25, 0.3) is 0 Å². The van der Waals surface area contributed by atoms with Crippen LogP contribution in [0.3, 0.4) is 0 Å². The van der Waals surface area contributed by atoms with Gasteiger partial charge in [0.15, 0.2) is 0 Å². The van der Waals surface area contributed by atoms with Crippen molar-refractivity contribution in [1.82, 2.24) is 5.32 Å². The number of amides is 1. The average Bonchev–Trinajstić information content (AvgIpc) is 2.36. The number of rotatable bonds is 6. The Kier molecular flexibility index (Phi) is 5.82.